The monoisotopic (exact) mass is 378 g/mol. The van der Waals surface area contributed by atoms with Gasteiger partial charge in [-0.15, -0.1) is 5.10 Å². The van der Waals surface area contributed by atoms with Crippen molar-refractivity contribution in [3.63, 3.8) is 0 Å². The molecular formula is C21H22N4O3. The van der Waals surface area contributed by atoms with Crippen LogP contribution in [0.3, 0.4) is 0 Å². The molecule has 0 atom stereocenters. The molecule has 2 aromatic carbocycles. The van der Waals surface area contributed by atoms with E-state index in [-0.39, 0.29) is 5.91 Å². The average molecular weight is 378 g/mol. The molecule has 0 saturated heterocycles. The van der Waals surface area contributed by atoms with Gasteiger partial charge in [0, 0.05) is 12.1 Å². The van der Waals surface area contributed by atoms with Gasteiger partial charge in [-0.2, -0.15) is 0 Å². The molecule has 0 spiro atoms. The molecule has 0 unspecified atom stereocenters. The Labute approximate surface area is 163 Å². The minimum Gasteiger partial charge on any atom is -0.487 e. The molecule has 7 heteroatoms. The third kappa shape index (κ3) is 4.75. The number of carbonyl (C=O) groups is 1. The number of carbonyl (C=O) groups excluding carboxylic acids is 1. The van der Waals surface area contributed by atoms with Gasteiger partial charge in [-0.1, -0.05) is 35.5 Å². The van der Waals surface area contributed by atoms with Crippen LogP contribution in [0.4, 0.5) is 5.69 Å². The molecule has 4 rings (SSSR count). The maximum absolute atomic E-state index is 11.4. The van der Waals surface area contributed by atoms with Crippen molar-refractivity contribution in [1.82, 2.24) is 15.0 Å². The molecule has 0 bridgehead atoms. The minimum absolute atomic E-state index is 0.0607. The first-order chi connectivity index (χ1) is 13.8. The van der Waals surface area contributed by atoms with Crippen LogP contribution in [0, 0.1) is 0 Å². The topological polar surface area (TPSA) is 78.3 Å². The number of anilines is 1. The molecule has 0 fully saturated rings. The van der Waals surface area contributed by atoms with E-state index in [0.29, 0.717) is 32.8 Å². The van der Waals surface area contributed by atoms with Gasteiger partial charge in [-0.3, -0.25) is 4.79 Å². The molecule has 0 aliphatic carbocycles. The first-order valence-corrected chi connectivity index (χ1v) is 9.32. The lowest BCUT2D eigenvalue weighted by molar-refractivity contribution is -0.116. The summed E-state index contributed by atoms with van der Waals surface area (Å²) < 4.78 is 13.3. The average Bonchev–Trinajstić information content (AvgIpc) is 3.18. The Balaban J connectivity index is 1.23. The molecule has 1 aliphatic rings. The summed E-state index contributed by atoms with van der Waals surface area (Å²) in [5, 5.41) is 11.1. The smallest absolute Gasteiger partial charge is 0.224 e. The van der Waals surface area contributed by atoms with Crippen LogP contribution in [0.5, 0.6) is 5.75 Å². The van der Waals surface area contributed by atoms with E-state index in [1.807, 2.05) is 54.7 Å². The van der Waals surface area contributed by atoms with Crippen molar-refractivity contribution in [3.8, 4) is 5.75 Å². The van der Waals surface area contributed by atoms with Gasteiger partial charge < -0.3 is 14.8 Å². The van der Waals surface area contributed by atoms with Gasteiger partial charge in [0.15, 0.2) is 0 Å². The van der Waals surface area contributed by atoms with Crippen LogP contribution >= 0.6 is 0 Å². The Morgan fingerprint density at radius 1 is 1.07 bits per heavy atom. The maximum atomic E-state index is 11.4. The van der Waals surface area contributed by atoms with Crippen molar-refractivity contribution in [1.29, 1.82) is 0 Å². The van der Waals surface area contributed by atoms with Crippen molar-refractivity contribution >= 4 is 11.6 Å². The number of nitrogens with one attached hydrogen (secondary N) is 1. The largest absolute Gasteiger partial charge is 0.487 e. The molecule has 0 saturated carbocycles. The van der Waals surface area contributed by atoms with E-state index in [0.717, 1.165) is 34.7 Å². The van der Waals surface area contributed by atoms with Crippen LogP contribution in [0.1, 0.15) is 23.2 Å². The number of aryl methyl sites for hydroxylation is 1. The fraction of sp³-hybridized carbons (Fsp3) is 0.286. The number of aromatic nitrogens is 3. The van der Waals surface area contributed by atoms with Crippen molar-refractivity contribution in [3.05, 3.63) is 71.5 Å². The maximum Gasteiger partial charge on any atom is 0.224 e. The Morgan fingerprint density at radius 2 is 1.96 bits per heavy atom. The van der Waals surface area contributed by atoms with Gasteiger partial charge in [-0.25, -0.2) is 4.68 Å². The van der Waals surface area contributed by atoms with Crippen molar-refractivity contribution in [2.24, 2.45) is 0 Å². The molecule has 7 nitrogen and oxygen atoms in total. The highest BCUT2D eigenvalue weighted by atomic mass is 16.5. The SMILES string of the molecule is O=C1CCc2cc(OCc3cn(CCOCc4ccccc4)nn3)ccc2N1. The van der Waals surface area contributed by atoms with Gasteiger partial charge >= 0.3 is 0 Å². The molecule has 1 aliphatic heterocycles. The molecule has 0 radical (unpaired) electrons. The van der Waals surface area contributed by atoms with Crippen LogP contribution < -0.4 is 10.1 Å². The number of nitrogens with zero attached hydrogens (tertiary/aromatic N) is 3. The minimum atomic E-state index is 0.0607. The summed E-state index contributed by atoms with van der Waals surface area (Å²) in [5.74, 6) is 0.821. The first kappa shape index (κ1) is 18.2. The second-order valence-electron chi connectivity index (χ2n) is 6.67. The van der Waals surface area contributed by atoms with Gasteiger partial charge in [0.05, 0.1) is 26.0 Å². The molecular weight excluding hydrogens is 356 g/mol. The van der Waals surface area contributed by atoms with E-state index in [1.165, 1.54) is 0 Å². The first-order valence-electron chi connectivity index (χ1n) is 9.32. The zero-order valence-electron chi connectivity index (χ0n) is 15.5. The molecule has 2 heterocycles. The highest BCUT2D eigenvalue weighted by Crippen LogP contribution is 2.27. The van der Waals surface area contributed by atoms with Crippen molar-refractivity contribution in [2.75, 3.05) is 11.9 Å². The van der Waals surface area contributed by atoms with Crippen molar-refractivity contribution in [2.45, 2.75) is 32.6 Å². The highest BCUT2D eigenvalue weighted by molar-refractivity contribution is 5.93. The Bertz CT molecular complexity index is 940. The molecule has 1 aromatic heterocycles. The van der Waals surface area contributed by atoms with Crippen molar-refractivity contribution < 1.29 is 14.3 Å². The van der Waals surface area contributed by atoms with Gasteiger partial charge in [-0.05, 0) is 35.7 Å². The van der Waals surface area contributed by atoms with Crippen LogP contribution in [-0.2, 0) is 35.7 Å². The van der Waals surface area contributed by atoms with E-state index < -0.39 is 0 Å². The second kappa shape index (κ2) is 8.67. The lowest BCUT2D eigenvalue weighted by Crippen LogP contribution is -2.18. The number of hydrogen-bond donors (Lipinski definition) is 1. The zero-order chi connectivity index (χ0) is 19.2. The second-order valence-corrected chi connectivity index (χ2v) is 6.67. The van der Waals surface area contributed by atoms with Gasteiger partial charge in [0.1, 0.15) is 18.1 Å². The number of rotatable bonds is 8. The highest BCUT2D eigenvalue weighted by Gasteiger charge is 2.15. The fourth-order valence-corrected chi connectivity index (χ4v) is 3.04. The van der Waals surface area contributed by atoms with Gasteiger partial charge in [0.25, 0.3) is 0 Å². The van der Waals surface area contributed by atoms with E-state index in [9.17, 15) is 4.79 Å². The number of benzene rings is 2. The summed E-state index contributed by atoms with van der Waals surface area (Å²) in [7, 11) is 0. The molecule has 3 aromatic rings. The third-order valence-corrected chi connectivity index (χ3v) is 4.52. The molecule has 28 heavy (non-hydrogen) atoms. The van der Waals surface area contributed by atoms with Crippen LogP contribution in [0.2, 0.25) is 0 Å². The third-order valence-electron chi connectivity index (χ3n) is 4.52. The van der Waals surface area contributed by atoms with E-state index in [4.69, 9.17) is 9.47 Å². The quantitative estimate of drug-likeness (QED) is 0.610. The Morgan fingerprint density at radius 3 is 2.86 bits per heavy atom. The molecule has 1 amide bonds. The Kier molecular flexibility index (Phi) is 5.63. The standard InChI is InChI=1S/C21H22N4O3/c26-21-9-6-17-12-19(7-8-20(17)22-21)28-15-18-13-25(24-23-18)10-11-27-14-16-4-2-1-3-5-16/h1-5,7-8,12-13H,6,9-11,14-15H2,(H,22,26). The normalized spacial score (nSPS) is 13.1. The van der Waals surface area contributed by atoms with Crippen LogP contribution in [-0.4, -0.2) is 27.5 Å². The van der Waals surface area contributed by atoms with Gasteiger partial charge in [0.2, 0.25) is 5.91 Å². The predicted octanol–water partition coefficient (Wildman–Crippen LogP) is 2.96. The number of fused-ring (bicyclic) bond motifs is 1. The molecule has 144 valence electrons. The van der Waals surface area contributed by atoms with Crippen LogP contribution in [0.15, 0.2) is 54.7 Å². The van der Waals surface area contributed by atoms with Crippen LogP contribution in [0.25, 0.3) is 0 Å². The Hall–Kier alpha value is -3.19. The summed E-state index contributed by atoms with van der Waals surface area (Å²) in [5.41, 5.74) is 3.87. The predicted molar refractivity (Wildman–Crippen MR) is 104 cm³/mol. The van der Waals surface area contributed by atoms with E-state index in [1.54, 1.807) is 4.68 Å². The summed E-state index contributed by atoms with van der Waals surface area (Å²) in [4.78, 5) is 11.4. The summed E-state index contributed by atoms with van der Waals surface area (Å²) in [6.07, 6.45) is 3.11. The number of hydrogen-bond acceptors (Lipinski definition) is 5. The van der Waals surface area contributed by atoms with E-state index in [2.05, 4.69) is 15.6 Å². The lowest BCUT2D eigenvalue weighted by Gasteiger charge is -2.17. The fourth-order valence-electron chi connectivity index (χ4n) is 3.04. The number of amides is 1. The number of ether oxygens (including phenoxy) is 2. The molecule has 1 N–H and O–H groups in total. The zero-order valence-corrected chi connectivity index (χ0v) is 15.5. The summed E-state index contributed by atoms with van der Waals surface area (Å²) in [6.45, 7) is 2.13. The summed E-state index contributed by atoms with van der Waals surface area (Å²) in [6, 6.07) is 15.8. The van der Waals surface area contributed by atoms with E-state index >= 15 is 0 Å². The summed E-state index contributed by atoms with van der Waals surface area (Å²) >= 11 is 0. The lowest BCUT2D eigenvalue weighted by atomic mass is 10.0.